The van der Waals surface area contributed by atoms with E-state index in [1.165, 1.54) is 0 Å². The number of hydrogen-bond donors (Lipinski definition) is 1. The normalized spacial score (nSPS) is 12.1. The van der Waals surface area contributed by atoms with Crippen LogP contribution in [0.25, 0.3) is 10.9 Å². The second kappa shape index (κ2) is 10.1. The van der Waals surface area contributed by atoms with E-state index in [2.05, 4.69) is 21.8 Å². The molecule has 4 rings (SSSR count). The highest BCUT2D eigenvalue weighted by Gasteiger charge is 2.22. The van der Waals surface area contributed by atoms with E-state index >= 15 is 0 Å². The Kier molecular flexibility index (Phi) is 7.03. The van der Waals surface area contributed by atoms with Crippen molar-refractivity contribution in [2.24, 2.45) is 0 Å². The van der Waals surface area contributed by atoms with Gasteiger partial charge in [-0.2, -0.15) is 5.10 Å². The van der Waals surface area contributed by atoms with Gasteiger partial charge in [0, 0.05) is 28.8 Å². The number of aromatic nitrogens is 3. The molecule has 34 heavy (non-hydrogen) atoms. The molecule has 0 saturated heterocycles. The smallest absolute Gasteiger partial charge is 0.340 e. The van der Waals surface area contributed by atoms with Crippen molar-refractivity contribution in [1.82, 2.24) is 14.3 Å². The number of fused-ring (bicyclic) bond motifs is 1. The summed E-state index contributed by atoms with van der Waals surface area (Å²) in [5.74, 6) is 0.237. The minimum Gasteiger partial charge on any atom is -0.491 e. The quantitative estimate of drug-likeness (QED) is 0.373. The fourth-order valence-electron chi connectivity index (χ4n) is 4.29. The van der Waals surface area contributed by atoms with Crippen LogP contribution in [-0.2, 0) is 17.8 Å². The minimum atomic E-state index is -0.720. The second-order valence-electron chi connectivity index (χ2n) is 8.51. The maximum absolute atomic E-state index is 12.8. The molecule has 1 N–H and O–H groups in total. The second-order valence-corrected chi connectivity index (χ2v) is 8.51. The number of aryl methyl sites for hydroxylation is 2. The van der Waals surface area contributed by atoms with Gasteiger partial charge in [0.05, 0.1) is 24.4 Å². The highest BCUT2D eigenvalue weighted by Crippen LogP contribution is 2.31. The van der Waals surface area contributed by atoms with Gasteiger partial charge in [-0.25, -0.2) is 4.79 Å². The van der Waals surface area contributed by atoms with Gasteiger partial charge in [0.15, 0.2) is 0 Å². The Bertz CT molecular complexity index is 1290. The Hall–Kier alpha value is -3.58. The SMILES string of the molecule is CCOC(=O)c1c(C)n(Cc2ccccc2)c2ccc(OC[C@H](O)Cn3nc(C)cc3C)cc12. The Morgan fingerprint density at radius 3 is 2.53 bits per heavy atom. The van der Waals surface area contributed by atoms with Gasteiger partial charge in [0.1, 0.15) is 18.5 Å². The van der Waals surface area contributed by atoms with E-state index in [1.807, 2.05) is 63.2 Å². The number of ether oxygens (including phenoxy) is 2. The molecule has 2 aromatic heterocycles. The van der Waals surface area contributed by atoms with E-state index in [-0.39, 0.29) is 12.6 Å². The van der Waals surface area contributed by atoms with E-state index in [9.17, 15) is 9.90 Å². The maximum Gasteiger partial charge on any atom is 0.340 e. The van der Waals surface area contributed by atoms with Crippen molar-refractivity contribution in [2.75, 3.05) is 13.2 Å². The third-order valence-electron chi connectivity index (χ3n) is 5.89. The fraction of sp³-hybridized carbons (Fsp3) is 0.333. The van der Waals surface area contributed by atoms with Crippen LogP contribution >= 0.6 is 0 Å². The topological polar surface area (TPSA) is 78.5 Å². The van der Waals surface area contributed by atoms with Gasteiger partial charge in [-0.15, -0.1) is 0 Å². The van der Waals surface area contributed by atoms with E-state index in [0.29, 0.717) is 31.0 Å². The summed E-state index contributed by atoms with van der Waals surface area (Å²) in [7, 11) is 0. The molecule has 2 heterocycles. The number of benzene rings is 2. The van der Waals surface area contributed by atoms with Gasteiger partial charge < -0.3 is 19.1 Å². The zero-order chi connectivity index (χ0) is 24.2. The molecule has 0 aliphatic heterocycles. The molecule has 0 spiro atoms. The summed E-state index contributed by atoms with van der Waals surface area (Å²) >= 11 is 0. The first-order chi connectivity index (χ1) is 16.4. The van der Waals surface area contributed by atoms with Crippen LogP contribution in [0.15, 0.2) is 54.6 Å². The standard InChI is InChI=1S/C27H31N3O4/c1-5-33-27(32)26-20(4)29(15-21-9-7-6-8-10-21)25-12-11-23(14-24(25)26)34-17-22(31)16-30-19(3)13-18(2)28-30/h6-14,22,31H,5,15-17H2,1-4H3/t22-/m1/s1. The molecule has 1 atom stereocenters. The van der Waals surface area contributed by atoms with Crippen molar-refractivity contribution in [3.8, 4) is 5.75 Å². The molecule has 7 nitrogen and oxygen atoms in total. The molecule has 7 heteroatoms. The molecule has 0 radical (unpaired) electrons. The van der Waals surface area contributed by atoms with Crippen molar-refractivity contribution >= 4 is 16.9 Å². The molecule has 0 unspecified atom stereocenters. The minimum absolute atomic E-state index is 0.113. The summed E-state index contributed by atoms with van der Waals surface area (Å²) < 4.78 is 15.2. The van der Waals surface area contributed by atoms with Crippen LogP contribution in [0.5, 0.6) is 5.75 Å². The summed E-state index contributed by atoms with van der Waals surface area (Å²) in [4.78, 5) is 12.8. The third-order valence-corrected chi connectivity index (χ3v) is 5.89. The van der Waals surface area contributed by atoms with Crippen molar-refractivity contribution in [3.63, 3.8) is 0 Å². The number of nitrogens with zero attached hydrogens (tertiary/aromatic N) is 3. The molecule has 0 bridgehead atoms. The summed E-state index contributed by atoms with van der Waals surface area (Å²) in [6.45, 7) is 9.03. The van der Waals surface area contributed by atoms with Crippen molar-refractivity contribution < 1.29 is 19.4 Å². The summed E-state index contributed by atoms with van der Waals surface area (Å²) in [5.41, 5.74) is 5.37. The number of esters is 1. The Morgan fingerprint density at radius 1 is 1.09 bits per heavy atom. The van der Waals surface area contributed by atoms with Crippen LogP contribution in [0.4, 0.5) is 0 Å². The number of aliphatic hydroxyl groups is 1. The molecule has 0 saturated carbocycles. The Balaban J connectivity index is 1.60. The first-order valence-electron chi connectivity index (χ1n) is 11.5. The van der Waals surface area contributed by atoms with E-state index in [4.69, 9.17) is 9.47 Å². The number of carbonyl (C=O) groups excluding carboxylic acids is 1. The van der Waals surface area contributed by atoms with Gasteiger partial charge in [-0.3, -0.25) is 4.68 Å². The molecule has 0 aliphatic rings. The zero-order valence-corrected chi connectivity index (χ0v) is 20.1. The first-order valence-corrected chi connectivity index (χ1v) is 11.5. The summed E-state index contributed by atoms with van der Waals surface area (Å²) in [6, 6.07) is 17.8. The van der Waals surface area contributed by atoms with Crippen molar-refractivity contribution in [2.45, 2.75) is 46.9 Å². The Labute approximate surface area is 199 Å². The molecular formula is C27H31N3O4. The van der Waals surface area contributed by atoms with E-state index in [0.717, 1.165) is 33.5 Å². The third kappa shape index (κ3) is 4.99. The van der Waals surface area contributed by atoms with Gasteiger partial charge in [0.25, 0.3) is 0 Å². The molecular weight excluding hydrogens is 430 g/mol. The number of aliphatic hydroxyl groups excluding tert-OH is 1. The number of carbonyl (C=O) groups is 1. The lowest BCUT2D eigenvalue weighted by atomic mass is 10.1. The average molecular weight is 462 g/mol. The Morgan fingerprint density at radius 2 is 1.85 bits per heavy atom. The first kappa shape index (κ1) is 23.6. The predicted octanol–water partition coefficient (Wildman–Crippen LogP) is 4.43. The highest BCUT2D eigenvalue weighted by molar-refractivity contribution is 6.06. The zero-order valence-electron chi connectivity index (χ0n) is 20.1. The average Bonchev–Trinajstić information content (AvgIpc) is 3.27. The van der Waals surface area contributed by atoms with E-state index < -0.39 is 6.10 Å². The van der Waals surface area contributed by atoms with Crippen LogP contribution < -0.4 is 4.74 Å². The van der Waals surface area contributed by atoms with Crippen LogP contribution in [0.2, 0.25) is 0 Å². The fourth-order valence-corrected chi connectivity index (χ4v) is 4.29. The molecule has 178 valence electrons. The molecule has 0 amide bonds. The van der Waals surface area contributed by atoms with Gasteiger partial charge in [0.2, 0.25) is 0 Å². The van der Waals surface area contributed by atoms with Crippen LogP contribution in [-0.4, -0.2) is 44.7 Å². The molecule has 0 fully saturated rings. The van der Waals surface area contributed by atoms with Gasteiger partial charge >= 0.3 is 5.97 Å². The predicted molar refractivity (Wildman–Crippen MR) is 131 cm³/mol. The number of rotatable bonds is 9. The summed E-state index contributed by atoms with van der Waals surface area (Å²) in [5, 5.41) is 15.6. The van der Waals surface area contributed by atoms with Crippen LogP contribution in [0, 0.1) is 20.8 Å². The van der Waals surface area contributed by atoms with Crippen molar-refractivity contribution in [3.05, 3.63) is 82.8 Å². The lowest BCUT2D eigenvalue weighted by Crippen LogP contribution is -2.24. The largest absolute Gasteiger partial charge is 0.491 e. The highest BCUT2D eigenvalue weighted by atomic mass is 16.5. The summed E-state index contributed by atoms with van der Waals surface area (Å²) in [6.07, 6.45) is -0.720. The van der Waals surface area contributed by atoms with Gasteiger partial charge in [-0.05, 0) is 57.5 Å². The lowest BCUT2D eigenvalue weighted by molar-refractivity contribution is 0.0527. The molecule has 0 aliphatic carbocycles. The van der Waals surface area contributed by atoms with Crippen LogP contribution in [0.1, 0.15) is 39.9 Å². The lowest BCUT2D eigenvalue weighted by Gasteiger charge is -2.14. The van der Waals surface area contributed by atoms with Gasteiger partial charge in [-0.1, -0.05) is 30.3 Å². The molecule has 2 aromatic carbocycles. The monoisotopic (exact) mass is 461 g/mol. The van der Waals surface area contributed by atoms with Crippen molar-refractivity contribution in [1.29, 1.82) is 0 Å². The molecule has 4 aromatic rings. The number of hydrogen-bond acceptors (Lipinski definition) is 5. The van der Waals surface area contributed by atoms with E-state index in [1.54, 1.807) is 11.6 Å². The maximum atomic E-state index is 12.8. The van der Waals surface area contributed by atoms with Crippen LogP contribution in [0.3, 0.4) is 0 Å².